The van der Waals surface area contributed by atoms with Gasteiger partial charge in [0.15, 0.2) is 0 Å². The molecule has 18 heavy (non-hydrogen) atoms. The van der Waals surface area contributed by atoms with Gasteiger partial charge in [0.25, 0.3) is 6.29 Å². The van der Waals surface area contributed by atoms with E-state index in [0.717, 1.165) is 0 Å². The second-order valence-corrected chi connectivity index (χ2v) is 4.14. The van der Waals surface area contributed by atoms with Crippen molar-refractivity contribution in [1.82, 2.24) is 0 Å². The highest BCUT2D eigenvalue weighted by Gasteiger charge is 2.22. The zero-order chi connectivity index (χ0) is 13.5. The van der Waals surface area contributed by atoms with Gasteiger partial charge in [0.2, 0.25) is 0 Å². The van der Waals surface area contributed by atoms with Crippen molar-refractivity contribution in [2.45, 2.75) is 20.1 Å². The smallest absolute Gasteiger partial charge is 0.376 e. The fourth-order valence-electron chi connectivity index (χ4n) is 1.23. The van der Waals surface area contributed by atoms with Crippen LogP contribution in [0.4, 0.5) is 0 Å². The number of carbonyl (C=O) groups excluding carboxylic acids is 1. The van der Waals surface area contributed by atoms with Crippen LogP contribution in [0.2, 0.25) is 10.0 Å². The van der Waals surface area contributed by atoms with Crippen LogP contribution in [0.1, 0.15) is 13.8 Å². The van der Waals surface area contributed by atoms with Gasteiger partial charge in [-0.25, -0.2) is 4.79 Å². The lowest BCUT2D eigenvalue weighted by molar-refractivity contribution is -0.176. The molecule has 1 atom stereocenters. The van der Waals surface area contributed by atoms with Crippen LogP contribution in [0.5, 0.6) is 5.75 Å². The molecule has 0 saturated heterocycles. The van der Waals surface area contributed by atoms with Crippen LogP contribution in [0, 0.1) is 0 Å². The molecule has 100 valence electrons. The first-order valence-corrected chi connectivity index (χ1v) is 6.23. The number of hydrogen-bond donors (Lipinski definition) is 0. The third-order valence-electron chi connectivity index (χ3n) is 1.88. The van der Waals surface area contributed by atoms with Gasteiger partial charge >= 0.3 is 5.97 Å². The Morgan fingerprint density at radius 1 is 1.17 bits per heavy atom. The maximum Gasteiger partial charge on any atom is 0.376 e. The quantitative estimate of drug-likeness (QED) is 0.596. The molecule has 0 bridgehead atoms. The molecular formula is C12H14Cl2O4. The molecule has 0 radical (unpaired) electrons. The first-order chi connectivity index (χ1) is 8.56. The van der Waals surface area contributed by atoms with E-state index in [9.17, 15) is 4.79 Å². The first-order valence-electron chi connectivity index (χ1n) is 5.47. The molecule has 6 heteroatoms. The summed E-state index contributed by atoms with van der Waals surface area (Å²) in [5, 5.41) is 0.827. The van der Waals surface area contributed by atoms with Gasteiger partial charge < -0.3 is 14.2 Å². The van der Waals surface area contributed by atoms with E-state index in [1.54, 1.807) is 32.0 Å². The van der Waals surface area contributed by atoms with Crippen LogP contribution >= 0.6 is 23.2 Å². The predicted molar refractivity (Wildman–Crippen MR) is 69.1 cm³/mol. The van der Waals surface area contributed by atoms with Crippen molar-refractivity contribution in [3.05, 3.63) is 28.2 Å². The van der Waals surface area contributed by atoms with Gasteiger partial charge in [-0.1, -0.05) is 23.2 Å². The number of benzene rings is 1. The Morgan fingerprint density at radius 2 is 1.78 bits per heavy atom. The lowest BCUT2D eigenvalue weighted by Gasteiger charge is -2.17. The summed E-state index contributed by atoms with van der Waals surface area (Å²) in [6.07, 6.45) is -1.12. The summed E-state index contributed by atoms with van der Waals surface area (Å²) in [4.78, 5) is 11.6. The van der Waals surface area contributed by atoms with E-state index in [0.29, 0.717) is 22.4 Å². The molecule has 0 spiro atoms. The maximum atomic E-state index is 11.6. The largest absolute Gasteiger partial charge is 0.461 e. The lowest BCUT2D eigenvalue weighted by atomic mass is 10.3. The van der Waals surface area contributed by atoms with Crippen molar-refractivity contribution >= 4 is 29.2 Å². The first kappa shape index (κ1) is 15.1. The molecule has 0 aliphatic heterocycles. The van der Waals surface area contributed by atoms with Crippen LogP contribution in [0.15, 0.2) is 18.2 Å². The number of halogens is 2. The molecule has 0 aliphatic rings. The highest BCUT2D eigenvalue weighted by molar-refractivity contribution is 6.34. The molecule has 0 aromatic heterocycles. The Bertz CT molecular complexity index is 389. The normalized spacial score (nSPS) is 12.0. The van der Waals surface area contributed by atoms with Gasteiger partial charge in [-0.2, -0.15) is 0 Å². The van der Waals surface area contributed by atoms with Gasteiger partial charge in [0.05, 0.1) is 6.61 Å². The minimum atomic E-state index is -1.12. The summed E-state index contributed by atoms with van der Waals surface area (Å²) in [7, 11) is 0. The molecule has 1 unspecified atom stereocenters. The number of rotatable bonds is 6. The van der Waals surface area contributed by atoms with Crippen LogP contribution in [0.25, 0.3) is 0 Å². The predicted octanol–water partition coefficient (Wildman–Crippen LogP) is 3.30. The van der Waals surface area contributed by atoms with Crippen LogP contribution in [-0.2, 0) is 14.3 Å². The maximum absolute atomic E-state index is 11.6. The Labute approximate surface area is 116 Å². The zero-order valence-electron chi connectivity index (χ0n) is 10.1. The van der Waals surface area contributed by atoms with Crippen molar-refractivity contribution in [1.29, 1.82) is 0 Å². The van der Waals surface area contributed by atoms with Gasteiger partial charge in [0.1, 0.15) is 5.75 Å². The number of hydrogen-bond acceptors (Lipinski definition) is 4. The Balaban J connectivity index is 2.78. The summed E-state index contributed by atoms with van der Waals surface area (Å²) in [5.41, 5.74) is 0. The molecule has 0 heterocycles. The third kappa shape index (κ3) is 4.72. The summed E-state index contributed by atoms with van der Waals surface area (Å²) >= 11 is 11.7. The van der Waals surface area contributed by atoms with Crippen LogP contribution < -0.4 is 4.74 Å². The van der Waals surface area contributed by atoms with E-state index in [1.165, 1.54) is 0 Å². The van der Waals surface area contributed by atoms with E-state index < -0.39 is 12.3 Å². The van der Waals surface area contributed by atoms with Crippen molar-refractivity contribution in [2.24, 2.45) is 0 Å². The van der Waals surface area contributed by atoms with Gasteiger partial charge in [-0.3, -0.25) is 0 Å². The fraction of sp³-hybridized carbons (Fsp3) is 0.417. The Hall–Kier alpha value is -0.970. The monoisotopic (exact) mass is 292 g/mol. The average molecular weight is 293 g/mol. The molecule has 0 aliphatic carbocycles. The second-order valence-electron chi connectivity index (χ2n) is 3.26. The van der Waals surface area contributed by atoms with Gasteiger partial charge in [0, 0.05) is 16.7 Å². The molecule has 0 saturated carbocycles. The summed E-state index contributed by atoms with van der Waals surface area (Å²) < 4.78 is 15.4. The van der Waals surface area contributed by atoms with E-state index in [1.807, 2.05) is 0 Å². The molecular weight excluding hydrogens is 279 g/mol. The highest BCUT2D eigenvalue weighted by Crippen LogP contribution is 2.25. The third-order valence-corrected chi connectivity index (χ3v) is 2.31. The van der Waals surface area contributed by atoms with E-state index in [2.05, 4.69) is 0 Å². The lowest BCUT2D eigenvalue weighted by Crippen LogP contribution is -2.32. The molecule has 4 nitrogen and oxygen atoms in total. The van der Waals surface area contributed by atoms with Crippen molar-refractivity contribution in [3.63, 3.8) is 0 Å². The molecule has 1 rings (SSSR count). The summed E-state index contributed by atoms with van der Waals surface area (Å²) in [6, 6.07) is 4.65. The van der Waals surface area contributed by atoms with Crippen LogP contribution in [-0.4, -0.2) is 25.5 Å². The van der Waals surface area contributed by atoms with Gasteiger partial charge in [-0.05, 0) is 32.0 Å². The molecule has 0 fully saturated rings. The Morgan fingerprint density at radius 3 is 2.28 bits per heavy atom. The minimum absolute atomic E-state index is 0.252. The zero-order valence-corrected chi connectivity index (χ0v) is 11.6. The standard InChI is InChI=1S/C12H14Cl2O4/c1-3-16-11(15)12(17-4-2)18-10-6-8(13)5-9(14)7-10/h5-7,12H,3-4H2,1-2H3. The van der Waals surface area contributed by atoms with E-state index in [-0.39, 0.29) is 6.61 Å². The molecule has 0 amide bonds. The number of esters is 1. The van der Waals surface area contributed by atoms with Crippen molar-refractivity contribution in [2.75, 3.05) is 13.2 Å². The highest BCUT2D eigenvalue weighted by atomic mass is 35.5. The molecule has 1 aromatic rings. The van der Waals surface area contributed by atoms with Crippen molar-refractivity contribution < 1.29 is 19.0 Å². The van der Waals surface area contributed by atoms with Crippen molar-refractivity contribution in [3.8, 4) is 5.75 Å². The van der Waals surface area contributed by atoms with E-state index in [4.69, 9.17) is 37.4 Å². The fourth-order valence-corrected chi connectivity index (χ4v) is 1.74. The van der Waals surface area contributed by atoms with Crippen LogP contribution in [0.3, 0.4) is 0 Å². The topological polar surface area (TPSA) is 44.8 Å². The van der Waals surface area contributed by atoms with Gasteiger partial charge in [-0.15, -0.1) is 0 Å². The number of ether oxygens (including phenoxy) is 3. The summed E-state index contributed by atoms with van der Waals surface area (Å²) in [6.45, 7) is 4.03. The molecule has 0 N–H and O–H groups in total. The Kier molecular flexibility index (Phi) is 6.25. The summed E-state index contributed by atoms with van der Waals surface area (Å²) in [5.74, 6) is -0.241. The average Bonchev–Trinajstić information content (AvgIpc) is 2.27. The molecule has 1 aromatic carbocycles. The number of carbonyl (C=O) groups is 1. The van der Waals surface area contributed by atoms with E-state index >= 15 is 0 Å². The second kappa shape index (κ2) is 7.46. The minimum Gasteiger partial charge on any atom is -0.461 e. The SMILES string of the molecule is CCOC(=O)C(OCC)Oc1cc(Cl)cc(Cl)c1.